The minimum Gasteiger partial charge on any atom is -0.368 e. The van der Waals surface area contributed by atoms with E-state index in [1.807, 2.05) is 13.8 Å². The number of hydrogen-bond acceptors (Lipinski definition) is 7. The second kappa shape index (κ2) is 7.73. The Balaban J connectivity index is 1.69. The van der Waals surface area contributed by atoms with Gasteiger partial charge >= 0.3 is 6.18 Å². The Morgan fingerprint density at radius 3 is 2.56 bits per heavy atom. The van der Waals surface area contributed by atoms with Gasteiger partial charge in [0.15, 0.2) is 5.82 Å². The van der Waals surface area contributed by atoms with Gasteiger partial charge in [0.1, 0.15) is 0 Å². The van der Waals surface area contributed by atoms with Crippen molar-refractivity contribution in [2.24, 2.45) is 13.0 Å². The zero-order chi connectivity index (χ0) is 23.2. The minimum absolute atomic E-state index is 0.0747. The highest BCUT2D eigenvalue weighted by molar-refractivity contribution is 5.83. The highest BCUT2D eigenvalue weighted by Gasteiger charge is 2.35. The molecule has 0 spiro atoms. The molecule has 0 fully saturated rings. The third-order valence-electron chi connectivity index (χ3n) is 4.87. The van der Waals surface area contributed by atoms with Crippen LogP contribution >= 0.6 is 0 Å². The number of aromatic nitrogens is 7. The molecule has 4 N–H and O–H groups in total. The van der Waals surface area contributed by atoms with E-state index in [1.54, 1.807) is 25.2 Å². The van der Waals surface area contributed by atoms with Crippen LogP contribution in [0.15, 0.2) is 24.4 Å². The minimum atomic E-state index is -4.59. The number of rotatable bonds is 5. The predicted octanol–water partition coefficient (Wildman–Crippen LogP) is 3.70. The molecule has 0 aliphatic heterocycles. The van der Waals surface area contributed by atoms with Crippen LogP contribution in [-0.4, -0.2) is 34.7 Å². The zero-order valence-corrected chi connectivity index (χ0v) is 17.2. The van der Waals surface area contributed by atoms with E-state index in [2.05, 4.69) is 35.3 Å². The fourth-order valence-electron chi connectivity index (χ4n) is 3.32. The third-order valence-corrected chi connectivity index (χ3v) is 4.87. The maximum absolute atomic E-state index is 13.8. The lowest BCUT2D eigenvalue weighted by atomic mass is 10.0. The van der Waals surface area contributed by atoms with E-state index < -0.39 is 24.0 Å². The van der Waals surface area contributed by atoms with Crippen LogP contribution in [0.25, 0.3) is 22.3 Å². The summed E-state index contributed by atoms with van der Waals surface area (Å²) < 4.78 is 54.0. The second-order valence-electron chi connectivity index (χ2n) is 7.54. The first-order chi connectivity index (χ1) is 15.0. The molecule has 0 aliphatic rings. The molecule has 0 aliphatic carbocycles. The van der Waals surface area contributed by atoms with E-state index in [-0.39, 0.29) is 29.3 Å². The van der Waals surface area contributed by atoms with E-state index in [4.69, 9.17) is 5.73 Å². The first-order valence-corrected chi connectivity index (χ1v) is 9.55. The first-order valence-electron chi connectivity index (χ1n) is 9.55. The van der Waals surface area contributed by atoms with Gasteiger partial charge in [0.25, 0.3) is 0 Å². The number of anilines is 2. The number of nitrogen functional groups attached to an aromatic ring is 1. The van der Waals surface area contributed by atoms with Gasteiger partial charge in [-0.1, -0.05) is 19.9 Å². The fraction of sp³-hybridized carbons (Fsp3) is 0.316. The standard InChI is InChI=1S/C19H19F4N9/c1-8(2)13(11-7-25-16(26-11)19(21,22)23)27-18-29-15(28-17(24)30-18)9-4-5-10-12(6-9)32(3)31-14(10)20/h4-8,13H,1-3H3,(H,25,26)(H3,24,27,28,29,30). The Labute approximate surface area is 179 Å². The van der Waals surface area contributed by atoms with Crippen LogP contribution in [0.3, 0.4) is 0 Å². The molecule has 4 rings (SSSR count). The van der Waals surface area contributed by atoms with Crippen LogP contribution in [0.5, 0.6) is 0 Å². The molecule has 3 aromatic heterocycles. The molecule has 1 atom stereocenters. The van der Waals surface area contributed by atoms with Gasteiger partial charge in [0, 0.05) is 12.6 Å². The summed E-state index contributed by atoms with van der Waals surface area (Å²) >= 11 is 0. The number of nitrogens with one attached hydrogen (secondary N) is 2. The maximum Gasteiger partial charge on any atom is 0.449 e. The van der Waals surface area contributed by atoms with Crippen molar-refractivity contribution in [2.75, 3.05) is 11.1 Å². The summed E-state index contributed by atoms with van der Waals surface area (Å²) in [5, 5.41) is 7.09. The molecule has 0 saturated heterocycles. The topological polar surface area (TPSA) is 123 Å². The van der Waals surface area contributed by atoms with Crippen molar-refractivity contribution in [3.8, 4) is 11.4 Å². The number of benzene rings is 1. The summed E-state index contributed by atoms with van der Waals surface area (Å²) in [6.45, 7) is 3.64. The monoisotopic (exact) mass is 449 g/mol. The van der Waals surface area contributed by atoms with Crippen molar-refractivity contribution in [1.29, 1.82) is 0 Å². The van der Waals surface area contributed by atoms with Crippen LogP contribution in [0.4, 0.5) is 29.5 Å². The number of aryl methyl sites for hydroxylation is 1. The van der Waals surface area contributed by atoms with Crippen molar-refractivity contribution in [3.05, 3.63) is 41.9 Å². The highest BCUT2D eigenvalue weighted by atomic mass is 19.4. The SMILES string of the molecule is CC(C)C(Nc1nc(N)nc(-c2ccc3c(F)nn(C)c3c2)n1)c1cnc(C(F)(F)F)[nH]1. The number of imidazole rings is 1. The van der Waals surface area contributed by atoms with E-state index in [0.717, 1.165) is 6.20 Å². The number of aromatic amines is 1. The molecule has 1 aromatic carbocycles. The molecule has 0 radical (unpaired) electrons. The zero-order valence-electron chi connectivity index (χ0n) is 17.2. The van der Waals surface area contributed by atoms with E-state index >= 15 is 0 Å². The van der Waals surface area contributed by atoms with Crippen molar-refractivity contribution in [1.82, 2.24) is 34.7 Å². The maximum atomic E-state index is 13.8. The Bertz CT molecular complexity index is 1280. The van der Waals surface area contributed by atoms with Crippen LogP contribution in [0.2, 0.25) is 0 Å². The normalized spacial score (nSPS) is 13.1. The Hall–Kier alpha value is -3.77. The van der Waals surface area contributed by atoms with Crippen LogP contribution in [-0.2, 0) is 13.2 Å². The van der Waals surface area contributed by atoms with Crippen LogP contribution in [0, 0.1) is 11.9 Å². The van der Waals surface area contributed by atoms with Gasteiger partial charge in [-0.15, -0.1) is 5.10 Å². The molecule has 0 bridgehead atoms. The van der Waals surface area contributed by atoms with Gasteiger partial charge in [0.05, 0.1) is 28.8 Å². The molecular formula is C19H19F4N9. The summed E-state index contributed by atoms with van der Waals surface area (Å²) in [7, 11) is 1.61. The number of halogens is 4. The Kier molecular flexibility index (Phi) is 5.18. The third kappa shape index (κ3) is 4.05. The van der Waals surface area contributed by atoms with Crippen molar-refractivity contribution in [3.63, 3.8) is 0 Å². The van der Waals surface area contributed by atoms with E-state index in [9.17, 15) is 17.6 Å². The van der Waals surface area contributed by atoms with E-state index in [1.165, 1.54) is 4.68 Å². The lowest BCUT2D eigenvalue weighted by Gasteiger charge is -2.21. The molecule has 1 unspecified atom stereocenters. The fourth-order valence-corrected chi connectivity index (χ4v) is 3.32. The van der Waals surface area contributed by atoms with Gasteiger partial charge in [-0.2, -0.15) is 32.5 Å². The molecule has 13 heteroatoms. The van der Waals surface area contributed by atoms with Crippen LogP contribution < -0.4 is 11.1 Å². The summed E-state index contributed by atoms with van der Waals surface area (Å²) in [5.74, 6) is -1.63. The number of fused-ring (bicyclic) bond motifs is 1. The molecule has 0 amide bonds. The molecule has 4 aromatic rings. The predicted molar refractivity (Wildman–Crippen MR) is 109 cm³/mol. The largest absolute Gasteiger partial charge is 0.449 e. The Morgan fingerprint density at radius 1 is 1.16 bits per heavy atom. The lowest BCUT2D eigenvalue weighted by molar-refractivity contribution is -0.144. The number of alkyl halides is 3. The average molecular weight is 449 g/mol. The quantitative estimate of drug-likeness (QED) is 0.397. The van der Waals surface area contributed by atoms with Crippen molar-refractivity contribution >= 4 is 22.8 Å². The molecular weight excluding hydrogens is 430 g/mol. The molecule has 9 nitrogen and oxygen atoms in total. The number of nitrogens with zero attached hydrogens (tertiary/aromatic N) is 6. The van der Waals surface area contributed by atoms with Gasteiger partial charge in [-0.05, 0) is 18.1 Å². The van der Waals surface area contributed by atoms with Crippen molar-refractivity contribution in [2.45, 2.75) is 26.1 Å². The molecule has 0 saturated carbocycles. The summed E-state index contributed by atoms with van der Waals surface area (Å²) in [4.78, 5) is 18.3. The molecule has 3 heterocycles. The smallest absolute Gasteiger partial charge is 0.368 e. The number of nitrogens with two attached hydrogens (primary N) is 1. The van der Waals surface area contributed by atoms with Gasteiger partial charge in [0.2, 0.25) is 23.7 Å². The van der Waals surface area contributed by atoms with Gasteiger partial charge in [-0.3, -0.25) is 4.68 Å². The average Bonchev–Trinajstić information content (AvgIpc) is 3.30. The summed E-state index contributed by atoms with van der Waals surface area (Å²) in [6, 6.07) is 4.23. The molecule has 168 valence electrons. The van der Waals surface area contributed by atoms with E-state index in [0.29, 0.717) is 16.5 Å². The van der Waals surface area contributed by atoms with Crippen molar-refractivity contribution < 1.29 is 17.6 Å². The first kappa shape index (κ1) is 21.5. The number of H-pyrrole nitrogens is 1. The second-order valence-corrected chi connectivity index (χ2v) is 7.54. The number of hydrogen-bond donors (Lipinski definition) is 3. The van der Waals surface area contributed by atoms with Gasteiger partial charge in [-0.25, -0.2) is 4.98 Å². The summed E-state index contributed by atoms with van der Waals surface area (Å²) in [6.07, 6.45) is -3.47. The summed E-state index contributed by atoms with van der Waals surface area (Å²) in [5.41, 5.74) is 7.14. The van der Waals surface area contributed by atoms with Gasteiger partial charge < -0.3 is 16.0 Å². The van der Waals surface area contributed by atoms with Crippen LogP contribution in [0.1, 0.15) is 31.4 Å². The Morgan fingerprint density at radius 2 is 1.91 bits per heavy atom. The molecule has 32 heavy (non-hydrogen) atoms. The highest BCUT2D eigenvalue weighted by Crippen LogP contribution is 2.31. The lowest BCUT2D eigenvalue weighted by Crippen LogP contribution is -2.20.